The third-order valence-corrected chi connectivity index (χ3v) is 4.08. The molecule has 1 atom stereocenters. The molecule has 0 radical (unpaired) electrons. The number of hydrogen-bond acceptors (Lipinski definition) is 3. The number of nitrogens with one attached hydrogen (secondary N) is 1. The van der Waals surface area contributed by atoms with Crippen molar-refractivity contribution in [1.82, 2.24) is 5.32 Å². The van der Waals surface area contributed by atoms with Gasteiger partial charge in [-0.1, -0.05) is 20.8 Å². The van der Waals surface area contributed by atoms with E-state index in [1.807, 2.05) is 19.1 Å². The molecule has 1 aromatic rings. The van der Waals surface area contributed by atoms with Gasteiger partial charge in [-0.15, -0.1) is 0 Å². The molecule has 1 aliphatic rings. The Balaban J connectivity index is 2.33. The van der Waals surface area contributed by atoms with Gasteiger partial charge in [-0.3, -0.25) is 4.79 Å². The molecule has 0 amide bonds. The Hall–Kier alpha value is -1.35. The Labute approximate surface area is 128 Å². The topological polar surface area (TPSA) is 38.3 Å². The number of aryl methyl sites for hydroxylation is 1. The molecule has 1 heterocycles. The minimum atomic E-state index is -0.00822. The van der Waals surface area contributed by atoms with Gasteiger partial charge in [0, 0.05) is 5.56 Å². The van der Waals surface area contributed by atoms with E-state index in [1.165, 1.54) is 0 Å². The first kappa shape index (κ1) is 16.0. The zero-order valence-electron chi connectivity index (χ0n) is 13.7. The first-order chi connectivity index (χ1) is 10.0. The van der Waals surface area contributed by atoms with Crippen molar-refractivity contribution >= 4 is 5.78 Å². The van der Waals surface area contributed by atoms with Crippen LogP contribution in [-0.2, 0) is 0 Å². The zero-order chi connectivity index (χ0) is 15.4. The lowest BCUT2D eigenvalue weighted by molar-refractivity contribution is 0.0951. The van der Waals surface area contributed by atoms with Gasteiger partial charge in [0.05, 0.1) is 12.6 Å². The molecule has 1 fully saturated rings. The number of benzene rings is 1. The summed E-state index contributed by atoms with van der Waals surface area (Å²) < 4.78 is 5.86. The minimum Gasteiger partial charge on any atom is -0.493 e. The van der Waals surface area contributed by atoms with Crippen LogP contribution < -0.4 is 10.1 Å². The monoisotopic (exact) mass is 289 g/mol. The summed E-state index contributed by atoms with van der Waals surface area (Å²) in [6, 6.07) is 4.08. The van der Waals surface area contributed by atoms with Crippen LogP contribution >= 0.6 is 0 Å². The summed E-state index contributed by atoms with van der Waals surface area (Å²) >= 11 is 0. The highest BCUT2D eigenvalue weighted by Gasteiger charge is 2.25. The smallest absolute Gasteiger partial charge is 0.180 e. The third-order valence-electron chi connectivity index (χ3n) is 4.08. The molecule has 2 rings (SSSR count). The lowest BCUT2D eigenvalue weighted by Crippen LogP contribution is -2.31. The summed E-state index contributed by atoms with van der Waals surface area (Å²) in [5.41, 5.74) is 3.00. The highest BCUT2D eigenvalue weighted by Crippen LogP contribution is 2.31. The molecule has 1 saturated heterocycles. The number of carbonyl (C=O) groups is 1. The third kappa shape index (κ3) is 3.65. The van der Waals surface area contributed by atoms with E-state index in [0.29, 0.717) is 5.92 Å². The quantitative estimate of drug-likeness (QED) is 0.809. The molecular weight excluding hydrogens is 262 g/mol. The maximum Gasteiger partial charge on any atom is 0.180 e. The van der Waals surface area contributed by atoms with Gasteiger partial charge in [0.15, 0.2) is 5.78 Å². The first-order valence-corrected chi connectivity index (χ1v) is 8.09. The number of Topliss-reactive ketones (excluding diaryl/α,β-unsaturated/α-hetero) is 1. The number of ether oxygens (including phenoxy) is 1. The maximum atomic E-state index is 12.7. The largest absolute Gasteiger partial charge is 0.493 e. The molecule has 0 saturated carbocycles. The molecule has 0 aromatic heterocycles. The van der Waals surface area contributed by atoms with E-state index in [2.05, 4.69) is 26.1 Å². The minimum absolute atomic E-state index is 0.00822. The van der Waals surface area contributed by atoms with Crippen LogP contribution in [0.4, 0.5) is 0 Å². The van der Waals surface area contributed by atoms with Gasteiger partial charge in [-0.2, -0.15) is 0 Å². The fraction of sp³-hybridized carbons (Fsp3) is 0.611. The zero-order valence-corrected chi connectivity index (χ0v) is 13.7. The van der Waals surface area contributed by atoms with Crippen LogP contribution in [0.25, 0.3) is 0 Å². The molecule has 0 spiro atoms. The van der Waals surface area contributed by atoms with Crippen molar-refractivity contribution in [2.24, 2.45) is 0 Å². The van der Waals surface area contributed by atoms with Crippen LogP contribution in [0.2, 0.25) is 0 Å². The number of rotatable bonds is 6. The predicted octanol–water partition coefficient (Wildman–Crippen LogP) is 3.84. The second-order valence-corrected chi connectivity index (χ2v) is 6.22. The molecule has 116 valence electrons. The molecule has 1 aromatic carbocycles. The summed E-state index contributed by atoms with van der Waals surface area (Å²) in [7, 11) is 0. The van der Waals surface area contributed by atoms with Gasteiger partial charge in [0.2, 0.25) is 0 Å². The lowest BCUT2D eigenvalue weighted by atomic mass is 9.92. The first-order valence-electron chi connectivity index (χ1n) is 8.09. The second-order valence-electron chi connectivity index (χ2n) is 6.22. The van der Waals surface area contributed by atoms with Crippen LogP contribution in [-0.4, -0.2) is 25.0 Å². The van der Waals surface area contributed by atoms with Crippen LogP contribution in [0.3, 0.4) is 0 Å². The molecular formula is C18H27NO2. The molecule has 21 heavy (non-hydrogen) atoms. The molecule has 0 aliphatic carbocycles. The van der Waals surface area contributed by atoms with E-state index in [0.717, 1.165) is 54.9 Å². The summed E-state index contributed by atoms with van der Waals surface area (Å²) in [5, 5.41) is 3.30. The normalized spacial score (nSPS) is 18.2. The summed E-state index contributed by atoms with van der Waals surface area (Å²) in [4.78, 5) is 12.7. The molecule has 1 aliphatic heterocycles. The molecule has 1 N–H and O–H groups in total. The van der Waals surface area contributed by atoms with Gasteiger partial charge in [-0.25, -0.2) is 0 Å². The van der Waals surface area contributed by atoms with Crippen molar-refractivity contribution in [3.8, 4) is 5.75 Å². The van der Waals surface area contributed by atoms with E-state index in [-0.39, 0.29) is 11.8 Å². The Kier molecular flexibility index (Phi) is 5.40. The summed E-state index contributed by atoms with van der Waals surface area (Å²) in [5.74, 6) is 1.51. The van der Waals surface area contributed by atoms with Gasteiger partial charge >= 0.3 is 0 Å². The van der Waals surface area contributed by atoms with Crippen molar-refractivity contribution in [2.75, 3.05) is 13.2 Å². The van der Waals surface area contributed by atoms with Gasteiger partial charge in [0.1, 0.15) is 5.75 Å². The van der Waals surface area contributed by atoms with Crippen LogP contribution in [0.1, 0.15) is 67.4 Å². The fourth-order valence-corrected chi connectivity index (χ4v) is 2.85. The molecule has 1 unspecified atom stereocenters. The van der Waals surface area contributed by atoms with E-state index in [1.54, 1.807) is 0 Å². The van der Waals surface area contributed by atoms with Crippen LogP contribution in [0.15, 0.2) is 12.1 Å². The summed E-state index contributed by atoms with van der Waals surface area (Å²) in [6.45, 7) is 10.1. The average molecular weight is 289 g/mol. The number of hydrogen-bond donors (Lipinski definition) is 1. The highest BCUT2D eigenvalue weighted by atomic mass is 16.5. The molecule has 3 nitrogen and oxygen atoms in total. The number of carbonyl (C=O) groups excluding carboxylic acids is 1. The van der Waals surface area contributed by atoms with Crippen LogP contribution in [0.5, 0.6) is 5.75 Å². The highest BCUT2D eigenvalue weighted by molar-refractivity contribution is 6.01. The van der Waals surface area contributed by atoms with Gasteiger partial charge in [0.25, 0.3) is 0 Å². The van der Waals surface area contributed by atoms with Crippen molar-refractivity contribution in [3.05, 3.63) is 28.8 Å². The van der Waals surface area contributed by atoms with Gasteiger partial charge < -0.3 is 10.1 Å². The predicted molar refractivity (Wildman–Crippen MR) is 86.4 cm³/mol. The molecule has 0 bridgehead atoms. The lowest BCUT2D eigenvalue weighted by Gasteiger charge is -2.18. The molecule has 3 heteroatoms. The maximum absolute atomic E-state index is 12.7. The van der Waals surface area contributed by atoms with Crippen molar-refractivity contribution in [1.29, 1.82) is 0 Å². The Morgan fingerprint density at radius 3 is 2.76 bits per heavy atom. The SMILES string of the molecule is CCCOc1cc(C)c(C(=O)C2CCCN2)cc1C(C)C. The van der Waals surface area contributed by atoms with E-state index in [4.69, 9.17) is 4.74 Å². The standard InChI is InChI=1S/C18H27NO2/c1-5-9-21-17-10-13(4)15(11-14(17)12(2)3)18(20)16-7-6-8-19-16/h10-12,16,19H,5-9H2,1-4H3. The van der Waals surface area contributed by atoms with Crippen molar-refractivity contribution < 1.29 is 9.53 Å². The number of ketones is 1. The summed E-state index contributed by atoms with van der Waals surface area (Å²) in [6.07, 6.45) is 3.02. The van der Waals surface area contributed by atoms with Crippen molar-refractivity contribution in [3.63, 3.8) is 0 Å². The Morgan fingerprint density at radius 1 is 1.43 bits per heavy atom. The van der Waals surface area contributed by atoms with E-state index >= 15 is 0 Å². The fourth-order valence-electron chi connectivity index (χ4n) is 2.85. The second kappa shape index (κ2) is 7.08. The van der Waals surface area contributed by atoms with Gasteiger partial charge in [-0.05, 0) is 61.9 Å². The van der Waals surface area contributed by atoms with E-state index < -0.39 is 0 Å². The van der Waals surface area contributed by atoms with Crippen LogP contribution in [0, 0.1) is 6.92 Å². The Morgan fingerprint density at radius 2 is 2.19 bits per heavy atom. The van der Waals surface area contributed by atoms with E-state index in [9.17, 15) is 4.79 Å². The van der Waals surface area contributed by atoms with Crippen molar-refractivity contribution in [2.45, 2.75) is 58.9 Å². The Bertz CT molecular complexity index is 502. The average Bonchev–Trinajstić information content (AvgIpc) is 2.98.